The minimum absolute atomic E-state index is 0.335. The molecule has 0 aliphatic carbocycles. The van der Waals surface area contributed by atoms with E-state index in [0.29, 0.717) is 6.10 Å². The summed E-state index contributed by atoms with van der Waals surface area (Å²) in [5, 5.41) is 0. The number of aryl methyl sites for hydroxylation is 2. The third kappa shape index (κ3) is 3.60. The molecule has 1 aromatic heterocycles. The van der Waals surface area contributed by atoms with E-state index < -0.39 is 0 Å². The Bertz CT molecular complexity index is 593. The van der Waals surface area contributed by atoms with Crippen molar-refractivity contribution in [2.75, 3.05) is 30.3 Å². The zero-order chi connectivity index (χ0) is 15.4. The minimum Gasteiger partial charge on any atom is -0.399 e. The number of imidazole rings is 1. The first-order valence-electron chi connectivity index (χ1n) is 7.92. The molecule has 0 bridgehead atoms. The van der Waals surface area contributed by atoms with Crippen molar-refractivity contribution in [3.8, 4) is 0 Å². The normalized spacial score (nSPS) is 18.0. The largest absolute Gasteiger partial charge is 0.399 e. The molecule has 1 unspecified atom stereocenters. The summed E-state index contributed by atoms with van der Waals surface area (Å²) in [5.41, 5.74) is 7.78. The van der Waals surface area contributed by atoms with Crippen LogP contribution < -0.4 is 10.6 Å². The second kappa shape index (κ2) is 6.83. The van der Waals surface area contributed by atoms with Gasteiger partial charge in [0.15, 0.2) is 0 Å². The second-order valence-electron chi connectivity index (χ2n) is 5.84. The summed E-state index contributed by atoms with van der Waals surface area (Å²) < 4.78 is 8.18. The Labute approximate surface area is 131 Å². The van der Waals surface area contributed by atoms with Crippen molar-refractivity contribution in [1.82, 2.24) is 9.55 Å². The summed E-state index contributed by atoms with van der Waals surface area (Å²) in [6.45, 7) is 5.82. The standard InChI is InChI=1S/C17H24N4O/c1-14-19-8-11-20(14)9-2-12-22-17-7-10-21(13-17)16-5-3-15(18)4-6-16/h3-6,8,11,17H,2,7,9-10,12-13,18H2,1H3. The average molecular weight is 300 g/mol. The van der Waals surface area contributed by atoms with Gasteiger partial charge in [-0.05, 0) is 44.0 Å². The molecule has 5 nitrogen and oxygen atoms in total. The summed E-state index contributed by atoms with van der Waals surface area (Å²) in [6, 6.07) is 8.08. The molecular weight excluding hydrogens is 276 g/mol. The molecular formula is C17H24N4O. The first-order valence-corrected chi connectivity index (χ1v) is 7.92. The molecule has 1 aliphatic rings. The molecule has 118 valence electrons. The Morgan fingerprint density at radius 3 is 2.86 bits per heavy atom. The number of benzene rings is 1. The Kier molecular flexibility index (Phi) is 4.63. The lowest BCUT2D eigenvalue weighted by atomic mass is 10.2. The smallest absolute Gasteiger partial charge is 0.105 e. The molecule has 1 aromatic carbocycles. The van der Waals surface area contributed by atoms with Crippen molar-refractivity contribution in [1.29, 1.82) is 0 Å². The fourth-order valence-electron chi connectivity index (χ4n) is 2.91. The lowest BCUT2D eigenvalue weighted by Gasteiger charge is -2.19. The summed E-state index contributed by atoms with van der Waals surface area (Å²) in [7, 11) is 0. The molecule has 1 saturated heterocycles. The lowest BCUT2D eigenvalue weighted by molar-refractivity contribution is 0.0644. The van der Waals surface area contributed by atoms with Crippen LogP contribution in [0.4, 0.5) is 11.4 Å². The third-order valence-corrected chi connectivity index (χ3v) is 4.22. The molecule has 5 heteroatoms. The third-order valence-electron chi connectivity index (χ3n) is 4.22. The first kappa shape index (κ1) is 14.9. The number of hydrogen-bond acceptors (Lipinski definition) is 4. The molecule has 0 saturated carbocycles. The van der Waals surface area contributed by atoms with Gasteiger partial charge in [0.1, 0.15) is 5.82 Å². The van der Waals surface area contributed by atoms with Crippen LogP contribution in [0.1, 0.15) is 18.7 Å². The van der Waals surface area contributed by atoms with Gasteiger partial charge < -0.3 is 19.9 Å². The summed E-state index contributed by atoms with van der Waals surface area (Å²) in [6.07, 6.45) is 6.32. The van der Waals surface area contributed by atoms with Crippen molar-refractivity contribution in [2.45, 2.75) is 32.4 Å². The van der Waals surface area contributed by atoms with Gasteiger partial charge in [-0.1, -0.05) is 0 Å². The second-order valence-corrected chi connectivity index (χ2v) is 5.84. The van der Waals surface area contributed by atoms with Gasteiger partial charge in [-0.2, -0.15) is 0 Å². The van der Waals surface area contributed by atoms with Crippen molar-refractivity contribution < 1.29 is 4.74 Å². The average Bonchev–Trinajstić information content (AvgIpc) is 3.14. The van der Waals surface area contributed by atoms with Crippen LogP contribution in [0.5, 0.6) is 0 Å². The first-order chi connectivity index (χ1) is 10.7. The van der Waals surface area contributed by atoms with E-state index in [2.05, 4.69) is 26.6 Å². The Hall–Kier alpha value is -2.01. The number of hydrogen-bond donors (Lipinski definition) is 1. The molecule has 22 heavy (non-hydrogen) atoms. The fraction of sp³-hybridized carbons (Fsp3) is 0.471. The molecule has 2 N–H and O–H groups in total. The van der Waals surface area contributed by atoms with E-state index >= 15 is 0 Å². The highest BCUT2D eigenvalue weighted by Crippen LogP contribution is 2.22. The van der Waals surface area contributed by atoms with Crippen LogP contribution in [0.3, 0.4) is 0 Å². The van der Waals surface area contributed by atoms with Crippen molar-refractivity contribution in [3.63, 3.8) is 0 Å². The summed E-state index contributed by atoms with van der Waals surface area (Å²) in [5.74, 6) is 1.07. The van der Waals surface area contributed by atoms with Gasteiger partial charge in [0.2, 0.25) is 0 Å². The zero-order valence-corrected chi connectivity index (χ0v) is 13.1. The molecule has 1 aliphatic heterocycles. The maximum atomic E-state index is 6.02. The van der Waals surface area contributed by atoms with E-state index in [9.17, 15) is 0 Å². The molecule has 0 spiro atoms. The topological polar surface area (TPSA) is 56.3 Å². The van der Waals surface area contributed by atoms with Gasteiger partial charge in [0.05, 0.1) is 6.10 Å². The van der Waals surface area contributed by atoms with E-state index in [1.54, 1.807) is 0 Å². The maximum absolute atomic E-state index is 6.02. The van der Waals surface area contributed by atoms with Gasteiger partial charge in [0.25, 0.3) is 0 Å². The predicted molar refractivity (Wildman–Crippen MR) is 89.0 cm³/mol. The Balaban J connectivity index is 1.40. The number of nitrogens with zero attached hydrogens (tertiary/aromatic N) is 3. The highest BCUT2D eigenvalue weighted by Gasteiger charge is 2.22. The SMILES string of the molecule is Cc1nccn1CCCOC1CCN(c2ccc(N)cc2)C1. The number of anilines is 2. The molecule has 3 rings (SSSR count). The molecule has 0 radical (unpaired) electrons. The summed E-state index contributed by atoms with van der Waals surface area (Å²) >= 11 is 0. The highest BCUT2D eigenvalue weighted by molar-refractivity contribution is 5.53. The van der Waals surface area contributed by atoms with E-state index in [4.69, 9.17) is 10.5 Å². The summed E-state index contributed by atoms with van der Waals surface area (Å²) in [4.78, 5) is 6.59. The molecule has 0 amide bonds. The minimum atomic E-state index is 0.335. The highest BCUT2D eigenvalue weighted by atomic mass is 16.5. The quantitative estimate of drug-likeness (QED) is 0.658. The monoisotopic (exact) mass is 300 g/mol. The van der Waals surface area contributed by atoms with Crippen LogP contribution in [0.15, 0.2) is 36.7 Å². The predicted octanol–water partition coefficient (Wildman–Crippen LogP) is 2.46. The molecule has 2 aromatic rings. The maximum Gasteiger partial charge on any atom is 0.105 e. The van der Waals surface area contributed by atoms with Crippen molar-refractivity contribution in [2.24, 2.45) is 0 Å². The van der Waals surface area contributed by atoms with Gasteiger partial charge >= 0.3 is 0 Å². The molecule has 1 atom stereocenters. The number of ether oxygens (including phenoxy) is 1. The Morgan fingerprint density at radius 1 is 1.32 bits per heavy atom. The van der Waals surface area contributed by atoms with Crippen LogP contribution in [-0.4, -0.2) is 35.4 Å². The van der Waals surface area contributed by atoms with Gasteiger partial charge in [-0.25, -0.2) is 4.98 Å². The van der Waals surface area contributed by atoms with E-state index in [1.165, 1.54) is 5.69 Å². The van der Waals surface area contributed by atoms with Crippen LogP contribution in [0.25, 0.3) is 0 Å². The van der Waals surface area contributed by atoms with Crippen LogP contribution in [0.2, 0.25) is 0 Å². The van der Waals surface area contributed by atoms with Crippen molar-refractivity contribution in [3.05, 3.63) is 42.5 Å². The Morgan fingerprint density at radius 2 is 2.14 bits per heavy atom. The van der Waals surface area contributed by atoms with Crippen LogP contribution in [-0.2, 0) is 11.3 Å². The van der Waals surface area contributed by atoms with Crippen LogP contribution in [0, 0.1) is 6.92 Å². The van der Waals surface area contributed by atoms with Gasteiger partial charge in [0, 0.05) is 50.0 Å². The number of nitrogens with two attached hydrogens (primary N) is 1. The van der Waals surface area contributed by atoms with Gasteiger partial charge in [-0.15, -0.1) is 0 Å². The zero-order valence-electron chi connectivity index (χ0n) is 13.1. The lowest BCUT2D eigenvalue weighted by Crippen LogP contribution is -2.23. The molecule has 2 heterocycles. The number of rotatable bonds is 6. The fourth-order valence-corrected chi connectivity index (χ4v) is 2.91. The number of aromatic nitrogens is 2. The van der Waals surface area contributed by atoms with E-state index in [-0.39, 0.29) is 0 Å². The number of nitrogen functional groups attached to an aromatic ring is 1. The van der Waals surface area contributed by atoms with E-state index in [1.807, 2.05) is 31.5 Å². The van der Waals surface area contributed by atoms with Gasteiger partial charge in [-0.3, -0.25) is 0 Å². The van der Waals surface area contributed by atoms with E-state index in [0.717, 1.165) is 50.6 Å². The molecule has 1 fully saturated rings. The van der Waals surface area contributed by atoms with Crippen molar-refractivity contribution >= 4 is 11.4 Å². The van der Waals surface area contributed by atoms with Crippen LogP contribution >= 0.6 is 0 Å².